The van der Waals surface area contributed by atoms with Gasteiger partial charge < -0.3 is 18.9 Å². The van der Waals surface area contributed by atoms with E-state index in [2.05, 4.69) is 36.2 Å². The summed E-state index contributed by atoms with van der Waals surface area (Å²) in [7, 11) is 0. The van der Waals surface area contributed by atoms with Gasteiger partial charge in [-0.2, -0.15) is 0 Å². The lowest BCUT2D eigenvalue weighted by Crippen LogP contribution is -2.13. The van der Waals surface area contributed by atoms with Crippen LogP contribution in [0.4, 0.5) is 5.69 Å². The molecule has 40 heavy (non-hydrogen) atoms. The number of unbranched alkanes of at least 4 members (excludes halogenated alkanes) is 5. The molecule has 0 aliphatic carbocycles. The number of esters is 1. The highest BCUT2D eigenvalue weighted by molar-refractivity contribution is 5.91. The van der Waals surface area contributed by atoms with Crippen LogP contribution in [0.5, 0.6) is 17.2 Å². The molecule has 3 aromatic rings. The number of hydrogen-bond acceptors (Lipinski definition) is 6. The number of ether oxygens (including phenoxy) is 4. The molecule has 0 heterocycles. The van der Waals surface area contributed by atoms with Crippen molar-refractivity contribution in [2.45, 2.75) is 65.7 Å². The second-order valence-electron chi connectivity index (χ2n) is 9.50. The maximum Gasteiger partial charge on any atom is 0.338 e. The minimum atomic E-state index is -0.406. The normalized spacial score (nSPS) is 11.0. The minimum absolute atomic E-state index is 0.100. The molecule has 0 N–H and O–H groups in total. The molecule has 0 atom stereocenters. The molecule has 214 valence electrons. The van der Waals surface area contributed by atoms with Crippen molar-refractivity contribution >= 4 is 17.9 Å². The summed E-state index contributed by atoms with van der Waals surface area (Å²) in [5.74, 6) is 1.30. The summed E-state index contributed by atoms with van der Waals surface area (Å²) in [6.07, 6.45) is 10.8. The molecule has 0 saturated heterocycles. The molecule has 6 nitrogen and oxygen atoms in total. The van der Waals surface area contributed by atoms with Gasteiger partial charge in [-0.05, 0) is 74.2 Å². The topological polar surface area (TPSA) is 66.4 Å². The third-order valence-corrected chi connectivity index (χ3v) is 6.37. The Morgan fingerprint density at radius 2 is 1.38 bits per heavy atom. The van der Waals surface area contributed by atoms with E-state index >= 15 is 0 Å². The van der Waals surface area contributed by atoms with Crippen molar-refractivity contribution in [2.24, 2.45) is 4.99 Å². The second kappa shape index (κ2) is 17.7. The van der Waals surface area contributed by atoms with Gasteiger partial charge in [0.1, 0.15) is 13.2 Å². The Kier molecular flexibility index (Phi) is 13.6. The van der Waals surface area contributed by atoms with Crippen LogP contribution in [0.15, 0.2) is 71.7 Å². The van der Waals surface area contributed by atoms with E-state index in [-0.39, 0.29) is 13.2 Å². The lowest BCUT2D eigenvalue weighted by molar-refractivity contribution is 0.0447. The van der Waals surface area contributed by atoms with Gasteiger partial charge in [0.25, 0.3) is 0 Å². The van der Waals surface area contributed by atoms with Crippen LogP contribution < -0.4 is 14.2 Å². The summed E-state index contributed by atoms with van der Waals surface area (Å²) in [5, 5.41) is 0. The largest absolute Gasteiger partial charge is 0.490 e. The summed E-state index contributed by atoms with van der Waals surface area (Å²) in [4.78, 5) is 17.1. The first-order chi connectivity index (χ1) is 19.6. The summed E-state index contributed by atoms with van der Waals surface area (Å²) in [5.41, 5.74) is 3.65. The standard InChI is InChI=1S/C34H43NO5/c1-4-7-8-9-10-11-13-27-18-22-30(23-19-27)35-26-28-16-20-29(21-17-28)34(36)40-25-24-39-33-31(37-5-2)14-12-15-32(33)38-6-3/h12,14-23,26H,4-11,13,24-25H2,1-3H3. The van der Waals surface area contributed by atoms with E-state index in [4.69, 9.17) is 18.9 Å². The fourth-order valence-corrected chi connectivity index (χ4v) is 4.25. The van der Waals surface area contributed by atoms with E-state index in [1.54, 1.807) is 18.3 Å². The van der Waals surface area contributed by atoms with Crippen LogP contribution in [0.1, 0.15) is 80.8 Å². The van der Waals surface area contributed by atoms with E-state index in [9.17, 15) is 4.79 Å². The molecule has 3 rings (SSSR count). The Morgan fingerprint density at radius 1 is 0.725 bits per heavy atom. The monoisotopic (exact) mass is 545 g/mol. The lowest BCUT2D eigenvalue weighted by atomic mass is 10.0. The van der Waals surface area contributed by atoms with Crippen LogP contribution in [-0.4, -0.2) is 38.6 Å². The highest BCUT2D eigenvalue weighted by Gasteiger charge is 2.13. The number of para-hydroxylation sites is 1. The number of aliphatic imine (C=N–C) groups is 1. The second-order valence-corrected chi connectivity index (χ2v) is 9.50. The van der Waals surface area contributed by atoms with Crippen molar-refractivity contribution in [1.29, 1.82) is 0 Å². The number of carbonyl (C=O) groups is 1. The van der Waals surface area contributed by atoms with Gasteiger partial charge in [-0.15, -0.1) is 0 Å². The Hall–Kier alpha value is -3.80. The van der Waals surface area contributed by atoms with Crippen molar-refractivity contribution in [3.63, 3.8) is 0 Å². The van der Waals surface area contributed by atoms with Gasteiger partial charge in [0.05, 0.1) is 24.5 Å². The molecule has 0 aliphatic heterocycles. The van der Waals surface area contributed by atoms with Gasteiger partial charge in [0, 0.05) is 6.21 Å². The fraction of sp³-hybridized carbons (Fsp3) is 0.412. The molecule has 6 heteroatoms. The molecule has 0 spiro atoms. The van der Waals surface area contributed by atoms with E-state index < -0.39 is 5.97 Å². The molecular formula is C34H43NO5. The summed E-state index contributed by atoms with van der Waals surface area (Å²) in [6.45, 7) is 7.36. The fourth-order valence-electron chi connectivity index (χ4n) is 4.25. The molecular weight excluding hydrogens is 502 g/mol. The van der Waals surface area contributed by atoms with Crippen LogP contribution in [-0.2, 0) is 11.2 Å². The first-order valence-electron chi connectivity index (χ1n) is 14.6. The smallest absolute Gasteiger partial charge is 0.338 e. The van der Waals surface area contributed by atoms with E-state index in [0.717, 1.165) is 17.7 Å². The Labute approximate surface area is 239 Å². The van der Waals surface area contributed by atoms with Gasteiger partial charge in [-0.1, -0.05) is 69.4 Å². The number of rotatable bonds is 18. The third-order valence-electron chi connectivity index (χ3n) is 6.37. The highest BCUT2D eigenvalue weighted by atomic mass is 16.6. The predicted molar refractivity (Wildman–Crippen MR) is 162 cm³/mol. The lowest BCUT2D eigenvalue weighted by Gasteiger charge is -2.15. The molecule has 0 bridgehead atoms. The number of aryl methyl sites for hydroxylation is 1. The average Bonchev–Trinajstić information content (AvgIpc) is 2.98. The van der Waals surface area contributed by atoms with Gasteiger partial charge in [-0.25, -0.2) is 4.79 Å². The van der Waals surface area contributed by atoms with Crippen LogP contribution in [0.3, 0.4) is 0 Å². The van der Waals surface area contributed by atoms with Crippen LogP contribution in [0, 0.1) is 0 Å². The quantitative estimate of drug-likeness (QED) is 0.0912. The van der Waals surface area contributed by atoms with Crippen molar-refractivity contribution in [3.8, 4) is 17.2 Å². The van der Waals surface area contributed by atoms with E-state index in [0.29, 0.717) is 36.0 Å². The third kappa shape index (κ3) is 10.4. The van der Waals surface area contributed by atoms with E-state index in [1.807, 2.05) is 44.2 Å². The molecule has 0 fully saturated rings. The van der Waals surface area contributed by atoms with Gasteiger partial charge in [-0.3, -0.25) is 4.99 Å². The van der Waals surface area contributed by atoms with Crippen molar-refractivity contribution in [1.82, 2.24) is 0 Å². The summed E-state index contributed by atoms with van der Waals surface area (Å²) < 4.78 is 22.5. The van der Waals surface area contributed by atoms with Crippen molar-refractivity contribution < 1.29 is 23.7 Å². The van der Waals surface area contributed by atoms with Crippen LogP contribution >= 0.6 is 0 Å². The molecule has 3 aromatic carbocycles. The SMILES string of the molecule is CCCCCCCCc1ccc(N=Cc2ccc(C(=O)OCCOc3c(OCC)cccc3OCC)cc2)cc1. The maximum absolute atomic E-state index is 12.5. The maximum atomic E-state index is 12.5. The highest BCUT2D eigenvalue weighted by Crippen LogP contribution is 2.37. The average molecular weight is 546 g/mol. The van der Waals surface area contributed by atoms with Crippen LogP contribution in [0.25, 0.3) is 0 Å². The van der Waals surface area contributed by atoms with E-state index in [1.165, 1.54) is 44.1 Å². The molecule has 0 amide bonds. The molecule has 0 aliphatic rings. The minimum Gasteiger partial charge on any atom is -0.490 e. The first-order valence-corrected chi connectivity index (χ1v) is 14.6. The van der Waals surface area contributed by atoms with Gasteiger partial charge in [0.2, 0.25) is 5.75 Å². The predicted octanol–water partition coefficient (Wildman–Crippen LogP) is 8.37. The summed E-state index contributed by atoms with van der Waals surface area (Å²) >= 11 is 0. The van der Waals surface area contributed by atoms with Crippen LogP contribution in [0.2, 0.25) is 0 Å². The zero-order valence-electron chi connectivity index (χ0n) is 24.2. The van der Waals surface area contributed by atoms with Crippen molar-refractivity contribution in [3.05, 3.63) is 83.4 Å². The Morgan fingerprint density at radius 3 is 2.02 bits per heavy atom. The first kappa shape index (κ1) is 30.7. The van der Waals surface area contributed by atoms with Crippen molar-refractivity contribution in [2.75, 3.05) is 26.4 Å². The molecule has 0 saturated carbocycles. The molecule has 0 aromatic heterocycles. The summed E-state index contributed by atoms with van der Waals surface area (Å²) in [6, 6.07) is 21.1. The van der Waals surface area contributed by atoms with Gasteiger partial charge in [0.15, 0.2) is 11.5 Å². The number of carbonyl (C=O) groups excluding carboxylic acids is 1. The zero-order chi connectivity index (χ0) is 28.4. The van der Waals surface area contributed by atoms with Gasteiger partial charge >= 0.3 is 5.97 Å². The molecule has 0 radical (unpaired) electrons. The Bertz CT molecular complexity index is 1150. The number of nitrogens with zero attached hydrogens (tertiary/aromatic N) is 1. The number of hydrogen-bond donors (Lipinski definition) is 0. The Balaban J connectivity index is 1.43. The zero-order valence-corrected chi connectivity index (χ0v) is 24.2. The number of benzene rings is 3. The molecule has 0 unspecified atom stereocenters.